The first kappa shape index (κ1) is 27.6. The Kier molecular flexibility index (Phi) is 9.30. The van der Waals surface area contributed by atoms with Crippen LogP contribution in [0.15, 0.2) is 35.5 Å². The summed E-state index contributed by atoms with van der Waals surface area (Å²) in [5.41, 5.74) is 2.11. The largest absolute Gasteiger partial charge is 0.434 e. The van der Waals surface area contributed by atoms with Crippen LogP contribution in [0.3, 0.4) is 0 Å². The number of hydrogen-bond acceptors (Lipinski definition) is 9. The number of aryl methyl sites for hydroxylation is 1. The van der Waals surface area contributed by atoms with Crippen LogP contribution in [0, 0.1) is 17.0 Å². The van der Waals surface area contributed by atoms with Crippen molar-refractivity contribution in [1.82, 2.24) is 14.5 Å². The monoisotopic (exact) mass is 536 g/mol. The molecule has 3 heterocycles. The Morgan fingerprint density at radius 3 is 2.68 bits per heavy atom. The standard InChI is InChI=1S/C25H36N4O7S/c1-3-35-37(32,33)22-8-7-19(2)23(16-22)20-9-12-27(13-10-20)17-21(36-24-6-4-5-15-34-24)18-28-14-11-26-25(28)29(30)31/h7-8,11,14,16,20-21,24H,3-6,9-10,12-13,15,17-18H2,1-2H3. The second kappa shape index (κ2) is 12.4. The topological polar surface area (TPSA) is 126 Å². The third kappa shape index (κ3) is 7.14. The summed E-state index contributed by atoms with van der Waals surface area (Å²) >= 11 is 0. The summed E-state index contributed by atoms with van der Waals surface area (Å²) < 4.78 is 43.4. The summed E-state index contributed by atoms with van der Waals surface area (Å²) in [6.45, 7) is 6.96. The molecular formula is C25H36N4O7S. The number of ether oxygens (including phenoxy) is 2. The minimum atomic E-state index is -3.76. The van der Waals surface area contributed by atoms with E-state index in [0.717, 1.165) is 56.3 Å². The fourth-order valence-corrected chi connectivity index (χ4v) is 6.12. The molecule has 0 saturated carbocycles. The zero-order valence-electron chi connectivity index (χ0n) is 21.5. The van der Waals surface area contributed by atoms with E-state index in [9.17, 15) is 18.5 Å². The predicted octanol–water partition coefficient (Wildman–Crippen LogP) is 3.62. The number of piperidine rings is 1. The first-order valence-electron chi connectivity index (χ1n) is 12.9. The van der Waals surface area contributed by atoms with E-state index < -0.39 is 15.0 Å². The van der Waals surface area contributed by atoms with Gasteiger partial charge in [0, 0.05) is 13.2 Å². The molecule has 0 radical (unpaired) electrons. The quantitative estimate of drug-likeness (QED) is 0.240. The maximum atomic E-state index is 12.4. The van der Waals surface area contributed by atoms with Crippen molar-refractivity contribution in [3.05, 3.63) is 51.8 Å². The van der Waals surface area contributed by atoms with Crippen molar-refractivity contribution in [1.29, 1.82) is 0 Å². The molecule has 0 N–H and O–H groups in total. The maximum Gasteiger partial charge on any atom is 0.434 e. The van der Waals surface area contributed by atoms with Crippen LogP contribution < -0.4 is 0 Å². The molecule has 1 aromatic heterocycles. The lowest BCUT2D eigenvalue weighted by Gasteiger charge is -2.36. The van der Waals surface area contributed by atoms with Crippen molar-refractivity contribution in [3.63, 3.8) is 0 Å². The molecule has 0 bridgehead atoms. The molecular weight excluding hydrogens is 500 g/mol. The average Bonchev–Trinajstić information content (AvgIpc) is 3.34. The maximum absolute atomic E-state index is 12.4. The average molecular weight is 537 g/mol. The summed E-state index contributed by atoms with van der Waals surface area (Å²) in [7, 11) is -3.76. The SMILES string of the molecule is CCOS(=O)(=O)c1ccc(C)c(C2CCN(CC(Cn3ccnc3[N+](=O)[O-])OC3CCCCO3)CC2)c1. The number of likely N-dealkylation sites (tertiary alicyclic amines) is 1. The van der Waals surface area contributed by atoms with Crippen molar-refractivity contribution in [2.24, 2.45) is 0 Å². The Labute approximate surface area is 218 Å². The summed E-state index contributed by atoms with van der Waals surface area (Å²) in [6, 6.07) is 5.20. The van der Waals surface area contributed by atoms with Crippen molar-refractivity contribution >= 4 is 16.1 Å². The molecule has 2 aliphatic heterocycles. The normalized spacial score (nSPS) is 20.6. The molecule has 1 aromatic carbocycles. The Balaban J connectivity index is 1.42. The number of aromatic nitrogens is 2. The molecule has 0 spiro atoms. The van der Waals surface area contributed by atoms with Crippen LogP contribution >= 0.6 is 0 Å². The number of hydrogen-bond donors (Lipinski definition) is 0. The van der Waals surface area contributed by atoms with Crippen molar-refractivity contribution < 1.29 is 27.0 Å². The zero-order valence-corrected chi connectivity index (χ0v) is 22.3. The van der Waals surface area contributed by atoms with Crippen LogP contribution in [0.1, 0.15) is 56.1 Å². The summed E-state index contributed by atoms with van der Waals surface area (Å²) in [6.07, 6.45) is 7.03. The molecule has 0 amide bonds. The minimum absolute atomic E-state index is 0.0985. The molecule has 2 fully saturated rings. The van der Waals surface area contributed by atoms with Gasteiger partial charge in [-0.05, 0) is 93.1 Å². The zero-order chi connectivity index (χ0) is 26.4. The molecule has 37 heavy (non-hydrogen) atoms. The molecule has 2 aliphatic rings. The highest BCUT2D eigenvalue weighted by Gasteiger charge is 2.29. The first-order chi connectivity index (χ1) is 17.8. The molecule has 2 atom stereocenters. The van der Waals surface area contributed by atoms with Crippen LogP contribution in [0.4, 0.5) is 5.95 Å². The van der Waals surface area contributed by atoms with Crippen molar-refractivity contribution in [3.8, 4) is 0 Å². The van der Waals surface area contributed by atoms with E-state index in [2.05, 4.69) is 9.88 Å². The molecule has 11 nitrogen and oxygen atoms in total. The van der Waals surface area contributed by atoms with E-state index in [4.69, 9.17) is 13.7 Å². The van der Waals surface area contributed by atoms with Crippen LogP contribution in [-0.4, -0.2) is 73.0 Å². The highest BCUT2D eigenvalue weighted by atomic mass is 32.2. The third-order valence-electron chi connectivity index (χ3n) is 7.04. The molecule has 2 unspecified atom stereocenters. The third-order valence-corrected chi connectivity index (χ3v) is 8.42. The van der Waals surface area contributed by atoms with Crippen LogP contribution in [-0.2, 0) is 30.3 Å². The van der Waals surface area contributed by atoms with E-state index in [1.807, 2.05) is 13.0 Å². The minimum Gasteiger partial charge on any atom is -0.390 e. The van der Waals surface area contributed by atoms with Crippen LogP contribution in [0.5, 0.6) is 0 Å². The second-order valence-corrected chi connectivity index (χ2v) is 11.3. The van der Waals surface area contributed by atoms with E-state index >= 15 is 0 Å². The molecule has 12 heteroatoms. The Morgan fingerprint density at radius 1 is 1.22 bits per heavy atom. The molecule has 204 valence electrons. The van der Waals surface area contributed by atoms with Gasteiger partial charge >= 0.3 is 5.95 Å². The van der Waals surface area contributed by atoms with Gasteiger partial charge in [-0.2, -0.15) is 8.42 Å². The van der Waals surface area contributed by atoms with Gasteiger partial charge in [-0.3, -0.25) is 4.18 Å². The molecule has 4 rings (SSSR count). The van der Waals surface area contributed by atoms with Gasteiger partial charge in [0.1, 0.15) is 18.5 Å². The summed E-state index contributed by atoms with van der Waals surface area (Å²) in [5.74, 6) is 0.0399. The molecule has 2 saturated heterocycles. The summed E-state index contributed by atoms with van der Waals surface area (Å²) in [4.78, 5) is 17.2. The fourth-order valence-electron chi connectivity index (χ4n) is 5.16. The van der Waals surface area contributed by atoms with Crippen LogP contribution in [0.2, 0.25) is 0 Å². The number of nitro groups is 1. The van der Waals surface area contributed by atoms with E-state index in [-0.39, 0.29) is 35.8 Å². The lowest BCUT2D eigenvalue weighted by molar-refractivity contribution is -0.397. The first-order valence-corrected chi connectivity index (χ1v) is 14.3. The van der Waals surface area contributed by atoms with Gasteiger partial charge in [0.2, 0.25) is 0 Å². The lowest BCUT2D eigenvalue weighted by atomic mass is 9.87. The molecule has 0 aliphatic carbocycles. The summed E-state index contributed by atoms with van der Waals surface area (Å²) in [5, 5.41) is 11.4. The van der Waals surface area contributed by atoms with Crippen molar-refractivity contribution in [2.45, 2.75) is 75.7 Å². The number of benzene rings is 1. The van der Waals surface area contributed by atoms with Gasteiger partial charge in [-0.1, -0.05) is 11.1 Å². The van der Waals surface area contributed by atoms with Crippen LogP contribution in [0.25, 0.3) is 0 Å². The van der Waals surface area contributed by atoms with Gasteiger partial charge in [0.15, 0.2) is 6.29 Å². The number of rotatable bonds is 11. The Bertz CT molecular complexity index is 1160. The highest BCUT2D eigenvalue weighted by Crippen LogP contribution is 2.32. The lowest BCUT2D eigenvalue weighted by Crippen LogP contribution is -2.43. The fraction of sp³-hybridized carbons (Fsp3) is 0.640. The van der Waals surface area contributed by atoms with Gasteiger partial charge in [0.05, 0.1) is 18.0 Å². The smallest absolute Gasteiger partial charge is 0.390 e. The number of nitrogens with zero attached hydrogens (tertiary/aromatic N) is 4. The Morgan fingerprint density at radius 2 is 2.00 bits per heavy atom. The van der Waals surface area contributed by atoms with Crippen molar-refractivity contribution in [2.75, 3.05) is 32.8 Å². The van der Waals surface area contributed by atoms with E-state index in [1.165, 1.54) is 10.8 Å². The number of imidazole rings is 1. The van der Waals surface area contributed by atoms with Gasteiger partial charge in [0.25, 0.3) is 10.1 Å². The second-order valence-electron chi connectivity index (χ2n) is 9.64. The van der Waals surface area contributed by atoms with Gasteiger partial charge in [-0.25, -0.2) is 4.57 Å². The molecule has 2 aromatic rings. The van der Waals surface area contributed by atoms with E-state index in [0.29, 0.717) is 19.7 Å². The van der Waals surface area contributed by atoms with Gasteiger partial charge < -0.3 is 24.5 Å². The van der Waals surface area contributed by atoms with E-state index in [1.54, 1.807) is 25.3 Å². The Hall–Kier alpha value is -2.38. The highest BCUT2D eigenvalue weighted by molar-refractivity contribution is 7.86. The van der Waals surface area contributed by atoms with Gasteiger partial charge in [-0.15, -0.1) is 0 Å². The predicted molar refractivity (Wildman–Crippen MR) is 136 cm³/mol.